The fraction of sp³-hybridized carbons (Fsp3) is 0.412. The minimum Gasteiger partial charge on any atom is -0.493 e. The molecule has 0 spiro atoms. The van der Waals surface area contributed by atoms with E-state index in [-0.39, 0.29) is 18.2 Å². The van der Waals surface area contributed by atoms with Crippen molar-refractivity contribution in [2.75, 3.05) is 19.7 Å². The first-order valence-corrected chi connectivity index (χ1v) is 7.84. The Balaban J connectivity index is 1.75. The molecule has 7 heteroatoms. The van der Waals surface area contributed by atoms with Crippen LogP contribution in [0.1, 0.15) is 29.8 Å². The number of hydrogen-bond acceptors (Lipinski definition) is 5. The second-order valence-corrected chi connectivity index (χ2v) is 6.33. The fourth-order valence-corrected chi connectivity index (χ4v) is 2.81. The van der Waals surface area contributed by atoms with E-state index in [0.717, 1.165) is 27.5 Å². The molecule has 4 amide bonds. The first-order valence-electron chi connectivity index (χ1n) is 7.84. The van der Waals surface area contributed by atoms with Crippen LogP contribution in [0.25, 0.3) is 0 Å². The Morgan fingerprint density at radius 2 is 1.88 bits per heavy atom. The molecule has 1 saturated heterocycles. The molecule has 0 radical (unpaired) electrons. The van der Waals surface area contributed by atoms with Gasteiger partial charge in [-0.3, -0.25) is 19.3 Å². The van der Waals surface area contributed by atoms with Gasteiger partial charge in [-0.1, -0.05) is 13.8 Å². The normalized spacial score (nSPS) is 16.9. The van der Waals surface area contributed by atoms with E-state index >= 15 is 0 Å². The quantitative estimate of drug-likeness (QED) is 0.461. The molecular weight excluding hydrogens is 312 g/mol. The van der Waals surface area contributed by atoms with Crippen molar-refractivity contribution in [2.24, 2.45) is 5.92 Å². The van der Waals surface area contributed by atoms with Crippen molar-refractivity contribution >= 4 is 23.6 Å². The van der Waals surface area contributed by atoms with Gasteiger partial charge in [0, 0.05) is 18.5 Å². The molecule has 1 fully saturated rings. The first-order chi connectivity index (χ1) is 11.4. The molecule has 0 N–H and O–H groups in total. The topological polar surface area (TPSA) is 84.0 Å². The number of imide groups is 2. The molecule has 1 aromatic rings. The Morgan fingerprint density at radius 3 is 2.58 bits per heavy atom. The standard InChI is InChI=1S/C17H18N2O5/c1-10(2)8-18-15(21)16(22)19(17(18)23)9-13(20)11-3-4-14-12(7-11)5-6-24-14/h3-4,7,10H,5-6,8-9H2,1-2H3. The Bertz CT molecular complexity index is 740. The number of amides is 4. The molecule has 2 heterocycles. The zero-order chi connectivity index (χ0) is 17.4. The molecule has 126 valence electrons. The number of ketones is 1. The molecule has 2 aliphatic rings. The number of rotatable bonds is 5. The molecule has 2 aliphatic heterocycles. The third-order valence-electron chi connectivity index (χ3n) is 4.00. The second kappa shape index (κ2) is 6.07. The molecule has 0 atom stereocenters. The van der Waals surface area contributed by atoms with E-state index in [0.29, 0.717) is 12.2 Å². The van der Waals surface area contributed by atoms with Crippen molar-refractivity contribution in [1.29, 1.82) is 0 Å². The Morgan fingerprint density at radius 1 is 1.17 bits per heavy atom. The maximum Gasteiger partial charge on any atom is 0.334 e. The van der Waals surface area contributed by atoms with E-state index in [1.54, 1.807) is 18.2 Å². The molecular formula is C17H18N2O5. The van der Waals surface area contributed by atoms with Gasteiger partial charge >= 0.3 is 17.8 Å². The van der Waals surface area contributed by atoms with E-state index in [1.807, 2.05) is 13.8 Å². The van der Waals surface area contributed by atoms with Gasteiger partial charge in [0.05, 0.1) is 13.2 Å². The average Bonchev–Trinajstić information content (AvgIpc) is 3.08. The van der Waals surface area contributed by atoms with Crippen LogP contribution >= 0.6 is 0 Å². The van der Waals surface area contributed by atoms with Crippen LogP contribution in [-0.2, 0) is 16.0 Å². The number of carbonyl (C=O) groups is 4. The summed E-state index contributed by atoms with van der Waals surface area (Å²) in [7, 11) is 0. The Kier molecular flexibility index (Phi) is 4.09. The average molecular weight is 330 g/mol. The largest absolute Gasteiger partial charge is 0.493 e. The molecule has 0 aliphatic carbocycles. The van der Waals surface area contributed by atoms with Crippen LogP contribution in [-0.4, -0.2) is 53.1 Å². The van der Waals surface area contributed by atoms with Crippen LogP contribution in [0.5, 0.6) is 5.75 Å². The SMILES string of the molecule is CC(C)CN1C(=O)C(=O)N(CC(=O)c2ccc3c(c2)CCO3)C1=O. The third kappa shape index (κ3) is 2.77. The van der Waals surface area contributed by atoms with Crippen LogP contribution in [0.2, 0.25) is 0 Å². The number of nitrogens with zero attached hydrogens (tertiary/aromatic N) is 2. The molecule has 0 bridgehead atoms. The summed E-state index contributed by atoms with van der Waals surface area (Å²) in [6.07, 6.45) is 0.721. The van der Waals surface area contributed by atoms with Crippen molar-refractivity contribution in [2.45, 2.75) is 20.3 Å². The lowest BCUT2D eigenvalue weighted by molar-refractivity contribution is -0.143. The lowest BCUT2D eigenvalue weighted by Crippen LogP contribution is -2.38. The summed E-state index contributed by atoms with van der Waals surface area (Å²) in [5.41, 5.74) is 1.33. The number of fused-ring (bicyclic) bond motifs is 1. The predicted molar refractivity (Wildman–Crippen MR) is 83.6 cm³/mol. The van der Waals surface area contributed by atoms with Gasteiger partial charge in [-0.25, -0.2) is 9.69 Å². The van der Waals surface area contributed by atoms with Crippen LogP contribution in [0.3, 0.4) is 0 Å². The zero-order valence-corrected chi connectivity index (χ0v) is 13.6. The van der Waals surface area contributed by atoms with Crippen molar-refractivity contribution in [3.05, 3.63) is 29.3 Å². The number of benzene rings is 1. The highest BCUT2D eigenvalue weighted by atomic mass is 16.5. The van der Waals surface area contributed by atoms with Crippen LogP contribution in [0.4, 0.5) is 4.79 Å². The summed E-state index contributed by atoms with van der Waals surface area (Å²) in [5.74, 6) is -1.41. The summed E-state index contributed by atoms with van der Waals surface area (Å²) >= 11 is 0. The van der Waals surface area contributed by atoms with Crippen molar-refractivity contribution < 1.29 is 23.9 Å². The summed E-state index contributed by atoms with van der Waals surface area (Å²) in [6, 6.07) is 4.30. The number of Topliss-reactive ketones (excluding diaryl/α,β-unsaturated/α-hetero) is 1. The van der Waals surface area contributed by atoms with E-state index in [9.17, 15) is 19.2 Å². The van der Waals surface area contributed by atoms with Gasteiger partial charge in [-0.15, -0.1) is 0 Å². The van der Waals surface area contributed by atoms with E-state index in [1.165, 1.54) is 0 Å². The van der Waals surface area contributed by atoms with Crippen LogP contribution in [0.15, 0.2) is 18.2 Å². The number of carbonyl (C=O) groups excluding carboxylic acids is 4. The maximum atomic E-state index is 12.4. The van der Waals surface area contributed by atoms with Gasteiger partial charge in [0.15, 0.2) is 5.78 Å². The summed E-state index contributed by atoms with van der Waals surface area (Å²) in [4.78, 5) is 50.2. The summed E-state index contributed by atoms with van der Waals surface area (Å²) in [6.45, 7) is 3.98. The van der Waals surface area contributed by atoms with Gasteiger partial charge in [-0.2, -0.15) is 0 Å². The van der Waals surface area contributed by atoms with E-state index < -0.39 is 24.4 Å². The maximum absolute atomic E-state index is 12.4. The minimum absolute atomic E-state index is 0.0399. The van der Waals surface area contributed by atoms with Crippen LogP contribution in [0, 0.1) is 5.92 Å². The molecule has 0 aromatic heterocycles. The van der Waals surface area contributed by atoms with Crippen LogP contribution < -0.4 is 4.74 Å². The predicted octanol–water partition coefficient (Wildman–Crippen LogP) is 1.25. The lowest BCUT2D eigenvalue weighted by atomic mass is 10.1. The highest BCUT2D eigenvalue weighted by Crippen LogP contribution is 2.26. The summed E-state index contributed by atoms with van der Waals surface area (Å²) < 4.78 is 5.38. The second-order valence-electron chi connectivity index (χ2n) is 6.33. The van der Waals surface area contributed by atoms with Gasteiger partial charge in [0.1, 0.15) is 5.75 Å². The zero-order valence-electron chi connectivity index (χ0n) is 13.6. The first kappa shape index (κ1) is 16.2. The molecule has 1 aromatic carbocycles. The van der Waals surface area contributed by atoms with Gasteiger partial charge in [0.2, 0.25) is 0 Å². The number of ether oxygens (including phenoxy) is 1. The van der Waals surface area contributed by atoms with Crippen molar-refractivity contribution in [3.8, 4) is 5.75 Å². The molecule has 0 unspecified atom stereocenters. The van der Waals surface area contributed by atoms with Crippen molar-refractivity contribution in [3.63, 3.8) is 0 Å². The van der Waals surface area contributed by atoms with Gasteiger partial charge in [-0.05, 0) is 29.7 Å². The highest BCUT2D eigenvalue weighted by Gasteiger charge is 2.45. The van der Waals surface area contributed by atoms with E-state index in [4.69, 9.17) is 4.74 Å². The number of urea groups is 1. The molecule has 7 nitrogen and oxygen atoms in total. The number of hydrogen-bond donors (Lipinski definition) is 0. The van der Waals surface area contributed by atoms with Gasteiger partial charge < -0.3 is 4.74 Å². The fourth-order valence-electron chi connectivity index (χ4n) is 2.81. The molecule has 0 saturated carbocycles. The smallest absolute Gasteiger partial charge is 0.334 e. The van der Waals surface area contributed by atoms with E-state index in [2.05, 4.69) is 0 Å². The third-order valence-corrected chi connectivity index (χ3v) is 4.00. The Hall–Kier alpha value is -2.70. The molecule has 24 heavy (non-hydrogen) atoms. The lowest BCUT2D eigenvalue weighted by Gasteiger charge is -2.16. The highest BCUT2D eigenvalue weighted by molar-refractivity contribution is 6.45. The molecule has 3 rings (SSSR count). The Labute approximate surface area is 139 Å². The van der Waals surface area contributed by atoms with Gasteiger partial charge in [0.25, 0.3) is 0 Å². The van der Waals surface area contributed by atoms with Crippen molar-refractivity contribution in [1.82, 2.24) is 9.80 Å². The summed E-state index contributed by atoms with van der Waals surface area (Å²) in [5, 5.41) is 0. The monoisotopic (exact) mass is 330 g/mol. The minimum atomic E-state index is -0.946.